The number of hydrogen-bond acceptors (Lipinski definition) is 4. The SMILES string of the molecule is CC(NN1C(C)CCCC1C)C(N)=NO. The Labute approximate surface area is 91.3 Å². The van der Waals surface area contributed by atoms with Crippen molar-refractivity contribution in [2.24, 2.45) is 10.9 Å². The molecule has 0 aromatic heterocycles. The van der Waals surface area contributed by atoms with Gasteiger partial charge in [-0.05, 0) is 33.6 Å². The molecule has 0 bridgehead atoms. The second-order valence-electron chi connectivity index (χ2n) is 4.41. The quantitative estimate of drug-likeness (QED) is 0.282. The van der Waals surface area contributed by atoms with E-state index in [2.05, 4.69) is 29.4 Å². The highest BCUT2D eigenvalue weighted by atomic mass is 16.4. The highest BCUT2D eigenvalue weighted by molar-refractivity contribution is 5.84. The van der Waals surface area contributed by atoms with Gasteiger partial charge in [-0.1, -0.05) is 11.6 Å². The maximum absolute atomic E-state index is 8.57. The van der Waals surface area contributed by atoms with Gasteiger partial charge in [-0.15, -0.1) is 0 Å². The summed E-state index contributed by atoms with van der Waals surface area (Å²) in [6.45, 7) is 6.28. The molecule has 0 saturated carbocycles. The van der Waals surface area contributed by atoms with Gasteiger partial charge in [0.2, 0.25) is 0 Å². The maximum atomic E-state index is 8.57. The summed E-state index contributed by atoms with van der Waals surface area (Å²) in [5.41, 5.74) is 8.82. The molecule has 4 N–H and O–H groups in total. The van der Waals surface area contributed by atoms with Crippen LogP contribution >= 0.6 is 0 Å². The molecular weight excluding hydrogens is 192 g/mol. The number of hydrazine groups is 1. The van der Waals surface area contributed by atoms with Crippen LogP contribution in [-0.4, -0.2) is 34.2 Å². The second-order valence-corrected chi connectivity index (χ2v) is 4.41. The molecule has 5 heteroatoms. The first kappa shape index (κ1) is 12.3. The van der Waals surface area contributed by atoms with Crippen LogP contribution in [0, 0.1) is 0 Å². The topological polar surface area (TPSA) is 73.9 Å². The molecule has 0 radical (unpaired) electrons. The number of nitrogens with one attached hydrogen (secondary N) is 1. The van der Waals surface area contributed by atoms with E-state index in [4.69, 9.17) is 10.9 Å². The first-order valence-electron chi connectivity index (χ1n) is 5.58. The second kappa shape index (κ2) is 5.32. The molecule has 0 aromatic rings. The maximum Gasteiger partial charge on any atom is 0.157 e. The van der Waals surface area contributed by atoms with Gasteiger partial charge in [0.1, 0.15) is 0 Å². The Morgan fingerprint density at radius 2 is 2.00 bits per heavy atom. The Morgan fingerprint density at radius 1 is 1.47 bits per heavy atom. The van der Waals surface area contributed by atoms with Crippen molar-refractivity contribution in [3.8, 4) is 0 Å². The van der Waals surface area contributed by atoms with E-state index >= 15 is 0 Å². The fraction of sp³-hybridized carbons (Fsp3) is 0.900. The summed E-state index contributed by atoms with van der Waals surface area (Å²) in [6, 6.07) is 0.878. The average molecular weight is 214 g/mol. The number of nitrogens with zero attached hydrogens (tertiary/aromatic N) is 2. The van der Waals surface area contributed by atoms with E-state index in [9.17, 15) is 0 Å². The lowest BCUT2D eigenvalue weighted by Gasteiger charge is -2.40. The zero-order valence-corrected chi connectivity index (χ0v) is 9.77. The van der Waals surface area contributed by atoms with Gasteiger partial charge < -0.3 is 10.9 Å². The predicted molar refractivity (Wildman–Crippen MR) is 60.6 cm³/mol. The molecule has 15 heavy (non-hydrogen) atoms. The van der Waals surface area contributed by atoms with Crippen LogP contribution in [0.5, 0.6) is 0 Å². The van der Waals surface area contributed by atoms with Crippen molar-refractivity contribution in [1.82, 2.24) is 10.4 Å². The van der Waals surface area contributed by atoms with Crippen molar-refractivity contribution in [2.75, 3.05) is 0 Å². The van der Waals surface area contributed by atoms with Gasteiger partial charge in [0.05, 0.1) is 6.04 Å². The lowest BCUT2D eigenvalue weighted by atomic mass is 10.00. The molecule has 5 nitrogen and oxygen atoms in total. The molecule has 1 aliphatic heterocycles. The van der Waals surface area contributed by atoms with Gasteiger partial charge in [0.25, 0.3) is 0 Å². The van der Waals surface area contributed by atoms with Crippen molar-refractivity contribution in [1.29, 1.82) is 0 Å². The van der Waals surface area contributed by atoms with E-state index in [0.29, 0.717) is 12.1 Å². The Kier molecular flexibility index (Phi) is 4.35. The Balaban J connectivity index is 2.54. The van der Waals surface area contributed by atoms with Crippen LogP contribution < -0.4 is 11.2 Å². The molecule has 88 valence electrons. The summed E-state index contributed by atoms with van der Waals surface area (Å²) in [6.07, 6.45) is 3.67. The van der Waals surface area contributed by atoms with E-state index in [0.717, 1.165) is 0 Å². The van der Waals surface area contributed by atoms with Crippen molar-refractivity contribution >= 4 is 5.84 Å². The molecule has 0 amide bonds. The molecule has 1 rings (SSSR count). The minimum atomic E-state index is -0.127. The molecule has 3 unspecified atom stereocenters. The number of piperidine rings is 1. The van der Waals surface area contributed by atoms with Crippen molar-refractivity contribution in [3.05, 3.63) is 0 Å². The van der Waals surface area contributed by atoms with E-state index in [1.807, 2.05) is 6.92 Å². The summed E-state index contributed by atoms with van der Waals surface area (Å²) in [7, 11) is 0. The number of oxime groups is 1. The summed E-state index contributed by atoms with van der Waals surface area (Å²) in [5, 5.41) is 13.8. The monoisotopic (exact) mass is 214 g/mol. The standard InChI is InChI=1S/C10H22N4O/c1-7-5-4-6-8(2)14(7)12-9(3)10(11)13-15/h7-9,12,15H,4-6H2,1-3H3,(H2,11,13). The van der Waals surface area contributed by atoms with Crippen LogP contribution in [0.4, 0.5) is 0 Å². The van der Waals surface area contributed by atoms with Crippen molar-refractivity contribution in [3.63, 3.8) is 0 Å². The highest BCUT2D eigenvalue weighted by Gasteiger charge is 2.26. The van der Waals surface area contributed by atoms with Gasteiger partial charge in [-0.25, -0.2) is 10.4 Å². The molecule has 1 heterocycles. The minimum absolute atomic E-state index is 0.127. The Hall–Kier alpha value is -0.810. The van der Waals surface area contributed by atoms with Gasteiger partial charge in [0.15, 0.2) is 5.84 Å². The van der Waals surface area contributed by atoms with Gasteiger partial charge in [-0.2, -0.15) is 0 Å². The van der Waals surface area contributed by atoms with Crippen LogP contribution in [0.1, 0.15) is 40.0 Å². The summed E-state index contributed by atoms with van der Waals surface area (Å²) in [5.74, 6) is 0.222. The largest absolute Gasteiger partial charge is 0.409 e. The summed E-state index contributed by atoms with van der Waals surface area (Å²) in [4.78, 5) is 0. The zero-order chi connectivity index (χ0) is 11.4. The third-order valence-electron chi connectivity index (χ3n) is 3.10. The molecule has 3 atom stereocenters. The van der Waals surface area contributed by atoms with E-state index in [1.54, 1.807) is 0 Å². The highest BCUT2D eigenvalue weighted by Crippen LogP contribution is 2.20. The fourth-order valence-electron chi connectivity index (χ4n) is 2.05. The normalized spacial score (nSPS) is 31.5. The lowest BCUT2D eigenvalue weighted by Crippen LogP contribution is -2.57. The first-order chi connectivity index (χ1) is 7.06. The predicted octanol–water partition coefficient (Wildman–Crippen LogP) is 0.889. The first-order valence-corrected chi connectivity index (χ1v) is 5.58. The summed E-state index contributed by atoms with van der Waals surface area (Å²) >= 11 is 0. The van der Waals surface area contributed by atoms with Crippen LogP contribution in [0.2, 0.25) is 0 Å². The van der Waals surface area contributed by atoms with Gasteiger partial charge in [0, 0.05) is 12.1 Å². The van der Waals surface area contributed by atoms with Crippen LogP contribution in [-0.2, 0) is 0 Å². The third kappa shape index (κ3) is 3.07. The summed E-state index contributed by atoms with van der Waals surface area (Å²) < 4.78 is 0. The van der Waals surface area contributed by atoms with Crippen LogP contribution in [0.3, 0.4) is 0 Å². The molecule has 0 aliphatic carbocycles. The Bertz CT molecular complexity index is 221. The Morgan fingerprint density at radius 3 is 2.47 bits per heavy atom. The average Bonchev–Trinajstić information content (AvgIpc) is 2.22. The molecule has 1 aliphatic rings. The van der Waals surface area contributed by atoms with E-state index < -0.39 is 0 Å². The smallest absolute Gasteiger partial charge is 0.157 e. The van der Waals surface area contributed by atoms with Crippen molar-refractivity contribution in [2.45, 2.75) is 58.2 Å². The zero-order valence-electron chi connectivity index (χ0n) is 9.77. The van der Waals surface area contributed by atoms with Gasteiger partial charge in [-0.3, -0.25) is 0 Å². The van der Waals surface area contributed by atoms with Gasteiger partial charge >= 0.3 is 0 Å². The van der Waals surface area contributed by atoms with Crippen molar-refractivity contribution < 1.29 is 5.21 Å². The number of rotatable bonds is 3. The molecular formula is C10H22N4O. The number of nitrogens with two attached hydrogens (primary N) is 1. The van der Waals surface area contributed by atoms with E-state index in [1.165, 1.54) is 19.3 Å². The fourth-order valence-corrected chi connectivity index (χ4v) is 2.05. The van der Waals surface area contributed by atoms with Crippen LogP contribution in [0.15, 0.2) is 5.16 Å². The minimum Gasteiger partial charge on any atom is -0.409 e. The molecule has 0 aromatic carbocycles. The number of amidine groups is 1. The molecule has 1 fully saturated rings. The van der Waals surface area contributed by atoms with Crippen LogP contribution in [0.25, 0.3) is 0 Å². The molecule has 0 spiro atoms. The lowest BCUT2D eigenvalue weighted by molar-refractivity contribution is 0.0410. The molecule has 1 saturated heterocycles. The third-order valence-corrected chi connectivity index (χ3v) is 3.10. The van der Waals surface area contributed by atoms with E-state index in [-0.39, 0.29) is 11.9 Å². The number of hydrogen-bond donors (Lipinski definition) is 3.